The van der Waals surface area contributed by atoms with E-state index in [2.05, 4.69) is 0 Å². The molecule has 1 aromatic rings. The molecule has 1 rings (SSSR count). The molecule has 0 radical (unpaired) electrons. The number of benzene rings is 1. The van der Waals surface area contributed by atoms with Gasteiger partial charge in [-0.1, -0.05) is 18.2 Å². The second-order valence-corrected chi connectivity index (χ2v) is 4.06. The first-order valence-electron chi connectivity index (χ1n) is 5.07. The summed E-state index contributed by atoms with van der Waals surface area (Å²) >= 11 is 0. The molecule has 0 fully saturated rings. The molecule has 4 nitrogen and oxygen atoms in total. The van der Waals surface area contributed by atoms with E-state index in [1.165, 1.54) is 32.2 Å². The quantitative estimate of drug-likeness (QED) is 0.788. The number of aliphatic carboxylic acids is 1. The molecule has 0 aliphatic rings. The van der Waals surface area contributed by atoms with Crippen LogP contribution in [0.2, 0.25) is 0 Å². The first kappa shape index (κ1) is 13.2. The third-order valence-corrected chi connectivity index (χ3v) is 2.89. The number of carbonyl (C=O) groups is 2. The highest BCUT2D eigenvalue weighted by atomic mass is 19.1. The molecule has 5 heteroatoms. The normalized spacial score (nSPS) is 13.8. The number of hydrogen-bond acceptors (Lipinski definition) is 2. The molecular weight excluding hydrogens is 225 g/mol. The van der Waals surface area contributed by atoms with Crippen molar-refractivity contribution in [1.82, 2.24) is 4.90 Å². The SMILES string of the molecule is CN(C=O)C(C)(Cc1ccccc1F)C(=O)O. The first-order valence-corrected chi connectivity index (χ1v) is 5.07. The van der Waals surface area contributed by atoms with Crippen LogP contribution < -0.4 is 0 Å². The number of carbonyl (C=O) groups excluding carboxylic acids is 1. The number of nitrogens with zero attached hydrogens (tertiary/aromatic N) is 1. The lowest BCUT2D eigenvalue weighted by Gasteiger charge is -2.32. The topological polar surface area (TPSA) is 57.6 Å². The Hall–Kier alpha value is -1.91. The third kappa shape index (κ3) is 2.61. The summed E-state index contributed by atoms with van der Waals surface area (Å²) in [6.45, 7) is 1.39. The van der Waals surface area contributed by atoms with Crippen molar-refractivity contribution >= 4 is 12.4 Å². The third-order valence-electron chi connectivity index (χ3n) is 2.89. The van der Waals surface area contributed by atoms with Crippen molar-refractivity contribution in [3.63, 3.8) is 0 Å². The summed E-state index contributed by atoms with van der Waals surface area (Å²) in [4.78, 5) is 22.9. The molecule has 0 heterocycles. The average molecular weight is 239 g/mol. The lowest BCUT2D eigenvalue weighted by atomic mass is 9.91. The molecule has 1 aromatic carbocycles. The smallest absolute Gasteiger partial charge is 0.329 e. The van der Waals surface area contributed by atoms with Gasteiger partial charge in [0.05, 0.1) is 0 Å². The largest absolute Gasteiger partial charge is 0.479 e. The van der Waals surface area contributed by atoms with Crippen LogP contribution in [0.4, 0.5) is 4.39 Å². The molecule has 1 unspecified atom stereocenters. The van der Waals surface area contributed by atoms with Gasteiger partial charge in [-0.3, -0.25) is 4.79 Å². The first-order chi connectivity index (χ1) is 7.91. The van der Waals surface area contributed by atoms with Gasteiger partial charge in [0.2, 0.25) is 6.41 Å². The zero-order chi connectivity index (χ0) is 13.1. The Morgan fingerprint density at radius 2 is 2.12 bits per heavy atom. The van der Waals surface area contributed by atoms with E-state index in [1.807, 2.05) is 0 Å². The van der Waals surface area contributed by atoms with Gasteiger partial charge in [-0.2, -0.15) is 0 Å². The Morgan fingerprint density at radius 1 is 1.53 bits per heavy atom. The predicted octanol–water partition coefficient (Wildman–Crippen LogP) is 1.30. The summed E-state index contributed by atoms with van der Waals surface area (Å²) in [5.41, 5.74) is -1.18. The van der Waals surface area contributed by atoms with E-state index in [9.17, 15) is 14.0 Å². The second kappa shape index (κ2) is 4.95. The van der Waals surface area contributed by atoms with E-state index in [4.69, 9.17) is 5.11 Å². The number of carboxylic acid groups (broad SMARTS) is 1. The highest BCUT2D eigenvalue weighted by molar-refractivity contribution is 5.81. The Morgan fingerprint density at radius 3 is 2.59 bits per heavy atom. The lowest BCUT2D eigenvalue weighted by molar-refractivity contribution is -0.152. The molecule has 1 N–H and O–H groups in total. The predicted molar refractivity (Wildman–Crippen MR) is 60.0 cm³/mol. The van der Waals surface area contributed by atoms with Crippen molar-refractivity contribution in [2.45, 2.75) is 18.9 Å². The molecular formula is C12H14FNO3. The van der Waals surface area contributed by atoms with Gasteiger partial charge < -0.3 is 10.0 Å². The summed E-state index contributed by atoms with van der Waals surface area (Å²) in [5, 5.41) is 9.16. The van der Waals surface area contributed by atoms with Crippen LogP contribution in [0, 0.1) is 5.82 Å². The fourth-order valence-electron chi connectivity index (χ4n) is 1.48. The maximum absolute atomic E-state index is 13.5. The fraction of sp³-hybridized carbons (Fsp3) is 0.333. The minimum Gasteiger partial charge on any atom is -0.479 e. The molecule has 17 heavy (non-hydrogen) atoms. The number of halogens is 1. The van der Waals surface area contributed by atoms with Gasteiger partial charge in [0.1, 0.15) is 11.4 Å². The van der Waals surface area contributed by atoms with Gasteiger partial charge >= 0.3 is 5.97 Å². The molecule has 0 saturated carbocycles. The van der Waals surface area contributed by atoms with Crippen LogP contribution >= 0.6 is 0 Å². The van der Waals surface area contributed by atoms with Crippen LogP contribution in [0.1, 0.15) is 12.5 Å². The van der Waals surface area contributed by atoms with E-state index in [0.29, 0.717) is 6.41 Å². The van der Waals surface area contributed by atoms with Gasteiger partial charge in [-0.25, -0.2) is 9.18 Å². The molecule has 0 aromatic heterocycles. The van der Waals surface area contributed by atoms with Crippen LogP contribution in [0.5, 0.6) is 0 Å². The number of amides is 1. The van der Waals surface area contributed by atoms with Crippen molar-refractivity contribution in [3.8, 4) is 0 Å². The van der Waals surface area contributed by atoms with Crippen LogP contribution in [0.3, 0.4) is 0 Å². The van der Waals surface area contributed by atoms with E-state index in [1.54, 1.807) is 6.07 Å². The standard InChI is InChI=1S/C12H14FNO3/c1-12(11(16)17,14(2)8-15)7-9-5-3-4-6-10(9)13/h3-6,8H,7H2,1-2H3,(H,16,17). The van der Waals surface area contributed by atoms with E-state index >= 15 is 0 Å². The summed E-state index contributed by atoms with van der Waals surface area (Å²) in [5.74, 6) is -1.64. The summed E-state index contributed by atoms with van der Waals surface area (Å²) in [6.07, 6.45) is 0.346. The van der Waals surface area contributed by atoms with Crippen LogP contribution in [0.15, 0.2) is 24.3 Å². The molecule has 1 atom stereocenters. The number of rotatable bonds is 5. The number of likely N-dealkylation sites (N-methyl/N-ethyl adjacent to an activating group) is 1. The van der Waals surface area contributed by atoms with Crippen molar-refractivity contribution in [1.29, 1.82) is 0 Å². The van der Waals surface area contributed by atoms with Crippen LogP contribution in [-0.4, -0.2) is 35.0 Å². The lowest BCUT2D eigenvalue weighted by Crippen LogP contribution is -2.51. The molecule has 0 bridgehead atoms. The van der Waals surface area contributed by atoms with Gasteiger partial charge in [0.15, 0.2) is 0 Å². The Bertz CT molecular complexity index is 436. The van der Waals surface area contributed by atoms with Crippen molar-refractivity contribution in [3.05, 3.63) is 35.6 Å². The molecule has 0 aliphatic carbocycles. The van der Waals surface area contributed by atoms with Crippen molar-refractivity contribution in [2.75, 3.05) is 7.05 Å². The molecule has 0 spiro atoms. The Labute approximate surface area is 98.7 Å². The molecule has 0 saturated heterocycles. The summed E-state index contributed by atoms with van der Waals surface area (Å²) < 4.78 is 13.5. The van der Waals surface area contributed by atoms with Crippen molar-refractivity contribution in [2.24, 2.45) is 0 Å². The number of carboxylic acids is 1. The number of hydrogen-bond donors (Lipinski definition) is 1. The van der Waals surface area contributed by atoms with Crippen LogP contribution in [-0.2, 0) is 16.0 Å². The average Bonchev–Trinajstić information content (AvgIpc) is 2.30. The molecule has 92 valence electrons. The maximum atomic E-state index is 13.5. The molecule has 0 aliphatic heterocycles. The van der Waals surface area contributed by atoms with E-state index < -0.39 is 17.3 Å². The van der Waals surface area contributed by atoms with E-state index in [-0.39, 0.29) is 12.0 Å². The fourth-order valence-corrected chi connectivity index (χ4v) is 1.48. The summed E-state index contributed by atoms with van der Waals surface area (Å²) in [6, 6.07) is 5.93. The summed E-state index contributed by atoms with van der Waals surface area (Å²) in [7, 11) is 1.36. The van der Waals surface area contributed by atoms with Gasteiger partial charge in [-0.15, -0.1) is 0 Å². The highest BCUT2D eigenvalue weighted by Crippen LogP contribution is 2.20. The maximum Gasteiger partial charge on any atom is 0.329 e. The Kier molecular flexibility index (Phi) is 3.83. The Balaban J connectivity index is 3.08. The zero-order valence-corrected chi connectivity index (χ0v) is 9.68. The van der Waals surface area contributed by atoms with Gasteiger partial charge in [0.25, 0.3) is 0 Å². The van der Waals surface area contributed by atoms with Crippen LogP contribution in [0.25, 0.3) is 0 Å². The zero-order valence-electron chi connectivity index (χ0n) is 9.68. The van der Waals surface area contributed by atoms with Gasteiger partial charge in [0, 0.05) is 13.5 Å². The highest BCUT2D eigenvalue weighted by Gasteiger charge is 2.37. The second-order valence-electron chi connectivity index (χ2n) is 4.06. The minimum atomic E-state index is -1.45. The molecule has 1 amide bonds. The van der Waals surface area contributed by atoms with E-state index in [0.717, 1.165) is 4.90 Å². The van der Waals surface area contributed by atoms with Gasteiger partial charge in [-0.05, 0) is 18.6 Å². The minimum absolute atomic E-state index is 0.0791. The van der Waals surface area contributed by atoms with Crippen molar-refractivity contribution < 1.29 is 19.1 Å². The monoisotopic (exact) mass is 239 g/mol.